The van der Waals surface area contributed by atoms with Crippen LogP contribution in [-0.4, -0.2) is 36.3 Å². The van der Waals surface area contributed by atoms with E-state index in [0.717, 1.165) is 50.9 Å². The van der Waals surface area contributed by atoms with Gasteiger partial charge in [-0.25, -0.2) is 9.97 Å². The van der Waals surface area contributed by atoms with E-state index in [-0.39, 0.29) is 7.43 Å². The van der Waals surface area contributed by atoms with Gasteiger partial charge in [-0.3, -0.25) is 0 Å². The minimum atomic E-state index is 0. The third-order valence-electron chi connectivity index (χ3n) is 2.95. The summed E-state index contributed by atoms with van der Waals surface area (Å²) >= 11 is 5.94. The first kappa shape index (κ1) is 12.5. The second-order valence-electron chi connectivity index (χ2n) is 3.94. The molecule has 3 rings (SSSR count). The summed E-state index contributed by atoms with van der Waals surface area (Å²) in [6.07, 6.45) is 0. The van der Waals surface area contributed by atoms with E-state index in [0.29, 0.717) is 5.28 Å². The lowest BCUT2D eigenvalue weighted by Gasteiger charge is -2.29. The lowest BCUT2D eigenvalue weighted by Crippen LogP contribution is -2.37. The summed E-state index contributed by atoms with van der Waals surface area (Å²) in [7, 11) is 0. The summed E-state index contributed by atoms with van der Waals surface area (Å²) in [6.45, 7) is 4.88. The Balaban J connectivity index is 0.00000108. The standard InChI is InChI=1S/C10H13ClN4O.CH4/c11-10-13-8-6-12-5-7(8)9(14-10)15-1-3-16-4-2-15;/h12H,1-6H2;1H4. The number of morpholine rings is 1. The van der Waals surface area contributed by atoms with Crippen molar-refractivity contribution in [1.82, 2.24) is 15.3 Å². The van der Waals surface area contributed by atoms with E-state index in [4.69, 9.17) is 16.3 Å². The van der Waals surface area contributed by atoms with Crippen LogP contribution < -0.4 is 10.2 Å². The average molecular weight is 257 g/mol. The van der Waals surface area contributed by atoms with E-state index in [2.05, 4.69) is 20.2 Å². The molecule has 17 heavy (non-hydrogen) atoms. The number of fused-ring (bicyclic) bond motifs is 1. The first-order chi connectivity index (χ1) is 7.84. The minimum absolute atomic E-state index is 0. The fourth-order valence-corrected chi connectivity index (χ4v) is 2.34. The summed E-state index contributed by atoms with van der Waals surface area (Å²) in [4.78, 5) is 10.8. The van der Waals surface area contributed by atoms with Crippen LogP contribution in [-0.2, 0) is 17.8 Å². The highest BCUT2D eigenvalue weighted by Gasteiger charge is 2.23. The first-order valence-corrected chi connectivity index (χ1v) is 5.81. The number of rotatable bonds is 1. The molecule has 0 aliphatic carbocycles. The van der Waals surface area contributed by atoms with E-state index >= 15 is 0 Å². The van der Waals surface area contributed by atoms with Crippen LogP contribution in [0.4, 0.5) is 5.82 Å². The molecule has 2 aliphatic rings. The molecular weight excluding hydrogens is 240 g/mol. The Hall–Kier alpha value is -0.910. The maximum atomic E-state index is 5.94. The molecule has 2 aliphatic heterocycles. The Labute approximate surface area is 106 Å². The third kappa shape index (κ3) is 2.36. The van der Waals surface area contributed by atoms with Crippen LogP contribution in [0.1, 0.15) is 18.7 Å². The number of anilines is 1. The highest BCUT2D eigenvalue weighted by Crippen LogP contribution is 2.26. The zero-order valence-corrected chi connectivity index (χ0v) is 9.63. The van der Waals surface area contributed by atoms with Gasteiger partial charge >= 0.3 is 0 Å². The molecule has 0 saturated carbocycles. The van der Waals surface area contributed by atoms with Crippen LogP contribution in [0.25, 0.3) is 0 Å². The number of hydrogen-bond acceptors (Lipinski definition) is 5. The summed E-state index contributed by atoms with van der Waals surface area (Å²) in [5.41, 5.74) is 2.22. The second-order valence-corrected chi connectivity index (χ2v) is 4.28. The molecule has 0 radical (unpaired) electrons. The number of nitrogens with zero attached hydrogens (tertiary/aromatic N) is 3. The fraction of sp³-hybridized carbons (Fsp3) is 0.636. The van der Waals surface area contributed by atoms with Gasteiger partial charge in [0.05, 0.1) is 18.9 Å². The highest BCUT2D eigenvalue weighted by atomic mass is 35.5. The number of aromatic nitrogens is 2. The van der Waals surface area contributed by atoms with Crippen molar-refractivity contribution in [3.63, 3.8) is 0 Å². The van der Waals surface area contributed by atoms with Gasteiger partial charge in [0.25, 0.3) is 0 Å². The van der Waals surface area contributed by atoms with Crippen molar-refractivity contribution in [3.05, 3.63) is 16.5 Å². The van der Waals surface area contributed by atoms with Gasteiger partial charge in [0.1, 0.15) is 5.82 Å². The molecule has 94 valence electrons. The molecule has 1 fully saturated rings. The molecule has 1 aromatic rings. The number of halogens is 1. The molecule has 0 spiro atoms. The summed E-state index contributed by atoms with van der Waals surface area (Å²) in [6, 6.07) is 0. The van der Waals surface area contributed by atoms with Crippen LogP contribution >= 0.6 is 11.6 Å². The predicted octanol–water partition coefficient (Wildman–Crippen LogP) is 1.21. The van der Waals surface area contributed by atoms with Crippen LogP contribution in [0.5, 0.6) is 0 Å². The zero-order valence-electron chi connectivity index (χ0n) is 8.87. The molecule has 0 bridgehead atoms. The van der Waals surface area contributed by atoms with Gasteiger partial charge in [-0.2, -0.15) is 0 Å². The minimum Gasteiger partial charge on any atom is -0.378 e. The summed E-state index contributed by atoms with van der Waals surface area (Å²) < 4.78 is 5.34. The van der Waals surface area contributed by atoms with E-state index in [1.807, 2.05) is 0 Å². The van der Waals surface area contributed by atoms with E-state index in [1.54, 1.807) is 0 Å². The van der Waals surface area contributed by atoms with Gasteiger partial charge in [-0.15, -0.1) is 0 Å². The van der Waals surface area contributed by atoms with Gasteiger partial charge < -0.3 is 15.0 Å². The molecule has 1 saturated heterocycles. The summed E-state index contributed by atoms with van der Waals surface area (Å²) in [5.74, 6) is 0.975. The molecule has 6 heteroatoms. The van der Waals surface area contributed by atoms with Crippen LogP contribution in [0.2, 0.25) is 5.28 Å². The van der Waals surface area contributed by atoms with Crippen molar-refractivity contribution >= 4 is 17.4 Å². The monoisotopic (exact) mass is 256 g/mol. The lowest BCUT2D eigenvalue weighted by molar-refractivity contribution is 0.122. The Kier molecular flexibility index (Phi) is 3.81. The van der Waals surface area contributed by atoms with Crippen LogP contribution in [0.3, 0.4) is 0 Å². The van der Waals surface area contributed by atoms with Crippen molar-refractivity contribution in [2.45, 2.75) is 20.5 Å². The van der Waals surface area contributed by atoms with Crippen LogP contribution in [0, 0.1) is 0 Å². The van der Waals surface area contributed by atoms with Crippen molar-refractivity contribution in [2.75, 3.05) is 31.2 Å². The summed E-state index contributed by atoms with van der Waals surface area (Å²) in [5, 5.41) is 3.61. The maximum Gasteiger partial charge on any atom is 0.224 e. The molecule has 1 N–H and O–H groups in total. The zero-order chi connectivity index (χ0) is 11.0. The van der Waals surface area contributed by atoms with E-state index in [9.17, 15) is 0 Å². The van der Waals surface area contributed by atoms with Crippen LogP contribution in [0.15, 0.2) is 0 Å². The fourth-order valence-electron chi connectivity index (χ4n) is 2.16. The SMILES string of the molecule is C.Clc1nc2c(c(N3CCOCC3)n1)CNC2. The van der Waals surface area contributed by atoms with E-state index in [1.165, 1.54) is 5.56 Å². The molecule has 0 aromatic carbocycles. The first-order valence-electron chi connectivity index (χ1n) is 5.43. The normalized spacial score (nSPS) is 18.8. The molecule has 1 aromatic heterocycles. The predicted molar refractivity (Wildman–Crippen MR) is 67.3 cm³/mol. The lowest BCUT2D eigenvalue weighted by atomic mass is 10.2. The maximum absolute atomic E-state index is 5.94. The molecular formula is C11H17ClN4O. The number of hydrogen-bond donors (Lipinski definition) is 1. The number of nitrogens with one attached hydrogen (secondary N) is 1. The molecule has 0 unspecified atom stereocenters. The highest BCUT2D eigenvalue weighted by molar-refractivity contribution is 6.28. The molecule has 0 atom stereocenters. The molecule has 3 heterocycles. The average Bonchev–Trinajstić information content (AvgIpc) is 2.77. The second kappa shape index (κ2) is 5.16. The van der Waals surface area contributed by atoms with Crippen molar-refractivity contribution in [1.29, 1.82) is 0 Å². The van der Waals surface area contributed by atoms with Gasteiger partial charge in [-0.1, -0.05) is 7.43 Å². The Morgan fingerprint density at radius 1 is 1.18 bits per heavy atom. The van der Waals surface area contributed by atoms with Crippen molar-refractivity contribution < 1.29 is 4.74 Å². The Bertz CT molecular complexity index is 407. The Morgan fingerprint density at radius 2 is 1.94 bits per heavy atom. The quantitative estimate of drug-likeness (QED) is 0.766. The molecule has 0 amide bonds. The van der Waals surface area contributed by atoms with Gasteiger partial charge in [-0.05, 0) is 11.6 Å². The van der Waals surface area contributed by atoms with Gasteiger partial charge in [0, 0.05) is 31.7 Å². The van der Waals surface area contributed by atoms with Crippen molar-refractivity contribution in [2.24, 2.45) is 0 Å². The van der Waals surface area contributed by atoms with Crippen molar-refractivity contribution in [3.8, 4) is 0 Å². The molecule has 5 nitrogen and oxygen atoms in total. The Morgan fingerprint density at radius 3 is 2.71 bits per heavy atom. The van der Waals surface area contributed by atoms with Gasteiger partial charge in [0.2, 0.25) is 5.28 Å². The van der Waals surface area contributed by atoms with E-state index < -0.39 is 0 Å². The topological polar surface area (TPSA) is 50.3 Å². The smallest absolute Gasteiger partial charge is 0.224 e. The number of ether oxygens (including phenoxy) is 1. The largest absolute Gasteiger partial charge is 0.378 e. The van der Waals surface area contributed by atoms with Gasteiger partial charge in [0.15, 0.2) is 0 Å². The third-order valence-corrected chi connectivity index (χ3v) is 3.12.